The molecule has 0 saturated heterocycles. The van der Waals surface area contributed by atoms with Crippen molar-refractivity contribution in [3.63, 3.8) is 0 Å². The fraction of sp³-hybridized carbons (Fsp3) is 0.417. The van der Waals surface area contributed by atoms with Crippen molar-refractivity contribution in [3.8, 4) is 0 Å². The molecule has 0 aliphatic heterocycles. The molecular weight excluding hydrogens is 366 g/mol. The Labute approximate surface area is 173 Å². The third-order valence-corrected chi connectivity index (χ3v) is 5.13. The molecule has 0 aliphatic carbocycles. The molecule has 158 valence electrons. The molecule has 0 saturated carbocycles. The van der Waals surface area contributed by atoms with Crippen LogP contribution < -0.4 is 10.8 Å². The Morgan fingerprint density at radius 2 is 1.83 bits per heavy atom. The number of aliphatic carboxylic acids is 1. The van der Waals surface area contributed by atoms with Crippen LogP contribution in [0.4, 0.5) is 0 Å². The number of carboxylic acids is 1. The largest absolute Gasteiger partial charge is 0.545 e. The third kappa shape index (κ3) is 8.48. The summed E-state index contributed by atoms with van der Waals surface area (Å²) in [5, 5.41) is 22.7. The van der Waals surface area contributed by atoms with Crippen LogP contribution in [0.1, 0.15) is 45.6 Å². The van der Waals surface area contributed by atoms with E-state index < -0.39 is 18.0 Å². The summed E-state index contributed by atoms with van der Waals surface area (Å²) in [6.07, 6.45) is 9.14. The number of aliphatic hydroxyl groups excluding tert-OH is 1. The number of benzene rings is 1. The van der Waals surface area contributed by atoms with Crippen molar-refractivity contribution in [2.75, 3.05) is 0 Å². The Balaban J connectivity index is 3.12. The molecule has 0 bridgehead atoms. The van der Waals surface area contributed by atoms with E-state index in [-0.39, 0.29) is 23.3 Å². The van der Waals surface area contributed by atoms with E-state index in [4.69, 9.17) is 5.73 Å². The molecule has 1 aromatic carbocycles. The minimum absolute atomic E-state index is 0.0660. The molecule has 0 spiro atoms. The molecule has 3 N–H and O–H groups in total. The lowest BCUT2D eigenvalue weighted by Crippen LogP contribution is -2.37. The van der Waals surface area contributed by atoms with Crippen molar-refractivity contribution in [2.24, 2.45) is 23.5 Å². The third-order valence-electron chi connectivity index (χ3n) is 5.13. The quantitative estimate of drug-likeness (QED) is 0.417. The van der Waals surface area contributed by atoms with Crippen molar-refractivity contribution in [2.45, 2.75) is 46.1 Å². The van der Waals surface area contributed by atoms with E-state index in [1.165, 1.54) is 12.2 Å². The lowest BCUT2D eigenvalue weighted by Gasteiger charge is -2.35. The zero-order valence-corrected chi connectivity index (χ0v) is 17.5. The molecule has 0 fully saturated rings. The SMILES string of the molecule is CCCC(C)C(/C(=C/c1ccccc1)C(=O)[O-])C(C)C(O)C/C=C/C=C/C(N)=O. The van der Waals surface area contributed by atoms with Gasteiger partial charge < -0.3 is 20.7 Å². The first-order valence-electron chi connectivity index (χ1n) is 10.1. The molecule has 4 atom stereocenters. The average Bonchev–Trinajstić information content (AvgIpc) is 2.67. The van der Waals surface area contributed by atoms with E-state index in [9.17, 15) is 19.8 Å². The first-order valence-corrected chi connectivity index (χ1v) is 10.1. The van der Waals surface area contributed by atoms with E-state index >= 15 is 0 Å². The van der Waals surface area contributed by atoms with Gasteiger partial charge in [0, 0.05) is 6.08 Å². The predicted octanol–water partition coefficient (Wildman–Crippen LogP) is 2.86. The van der Waals surface area contributed by atoms with Crippen LogP contribution in [0.15, 0.2) is 60.2 Å². The Bertz CT molecular complexity index is 737. The normalized spacial score (nSPS) is 16.6. The number of nitrogens with two attached hydrogens (primary N) is 1. The number of hydrogen-bond donors (Lipinski definition) is 2. The minimum atomic E-state index is -1.21. The van der Waals surface area contributed by atoms with Crippen LogP contribution in [-0.4, -0.2) is 23.1 Å². The number of primary amides is 1. The van der Waals surface area contributed by atoms with E-state index in [0.29, 0.717) is 6.42 Å². The monoisotopic (exact) mass is 398 g/mol. The van der Waals surface area contributed by atoms with Crippen molar-refractivity contribution < 1.29 is 19.8 Å². The summed E-state index contributed by atoms with van der Waals surface area (Å²) in [5.41, 5.74) is 6.03. The first kappa shape index (κ1) is 24.4. The van der Waals surface area contributed by atoms with Gasteiger partial charge in [-0.1, -0.05) is 82.2 Å². The Morgan fingerprint density at radius 1 is 1.17 bits per heavy atom. The smallest absolute Gasteiger partial charge is 0.241 e. The highest BCUT2D eigenvalue weighted by Crippen LogP contribution is 2.35. The van der Waals surface area contributed by atoms with E-state index in [1.54, 1.807) is 18.2 Å². The molecule has 5 nitrogen and oxygen atoms in total. The second-order valence-electron chi connectivity index (χ2n) is 7.44. The van der Waals surface area contributed by atoms with Crippen LogP contribution in [0, 0.1) is 17.8 Å². The van der Waals surface area contributed by atoms with Gasteiger partial charge in [0.1, 0.15) is 0 Å². The van der Waals surface area contributed by atoms with Crippen molar-refractivity contribution in [1.29, 1.82) is 0 Å². The Morgan fingerprint density at radius 3 is 2.38 bits per heavy atom. The van der Waals surface area contributed by atoms with Gasteiger partial charge in [0.15, 0.2) is 0 Å². The van der Waals surface area contributed by atoms with E-state index in [0.717, 1.165) is 18.4 Å². The van der Waals surface area contributed by atoms with Gasteiger partial charge in [-0.2, -0.15) is 0 Å². The van der Waals surface area contributed by atoms with Crippen LogP contribution in [-0.2, 0) is 9.59 Å². The summed E-state index contributed by atoms with van der Waals surface area (Å²) < 4.78 is 0. The van der Waals surface area contributed by atoms with Crippen LogP contribution in [0.3, 0.4) is 0 Å². The second kappa shape index (κ2) is 12.7. The van der Waals surface area contributed by atoms with Gasteiger partial charge in [-0.3, -0.25) is 4.79 Å². The summed E-state index contributed by atoms with van der Waals surface area (Å²) in [5.74, 6) is -2.34. The fourth-order valence-corrected chi connectivity index (χ4v) is 3.66. The van der Waals surface area contributed by atoms with Gasteiger partial charge in [0.05, 0.1) is 12.1 Å². The summed E-state index contributed by atoms with van der Waals surface area (Å²) in [4.78, 5) is 22.7. The number of carboxylic acid groups (broad SMARTS) is 1. The van der Waals surface area contributed by atoms with E-state index in [2.05, 4.69) is 6.92 Å². The highest BCUT2D eigenvalue weighted by atomic mass is 16.4. The predicted molar refractivity (Wildman–Crippen MR) is 114 cm³/mol. The van der Waals surface area contributed by atoms with Gasteiger partial charge in [0.2, 0.25) is 5.91 Å². The zero-order valence-electron chi connectivity index (χ0n) is 17.5. The van der Waals surface area contributed by atoms with Crippen molar-refractivity contribution in [1.82, 2.24) is 0 Å². The summed E-state index contributed by atoms with van der Waals surface area (Å²) >= 11 is 0. The topological polar surface area (TPSA) is 103 Å². The summed E-state index contributed by atoms with van der Waals surface area (Å²) in [6, 6.07) is 9.27. The molecule has 1 rings (SSSR count). The van der Waals surface area contributed by atoms with Crippen molar-refractivity contribution >= 4 is 18.0 Å². The number of carbonyl (C=O) groups excluding carboxylic acids is 2. The Kier molecular flexibility index (Phi) is 10.7. The van der Waals surface area contributed by atoms with Crippen LogP contribution >= 0.6 is 0 Å². The minimum Gasteiger partial charge on any atom is -0.545 e. The van der Waals surface area contributed by atoms with Gasteiger partial charge >= 0.3 is 0 Å². The number of rotatable bonds is 12. The van der Waals surface area contributed by atoms with E-state index in [1.807, 2.05) is 44.2 Å². The fourth-order valence-electron chi connectivity index (χ4n) is 3.66. The molecule has 29 heavy (non-hydrogen) atoms. The molecule has 1 aromatic rings. The first-order chi connectivity index (χ1) is 13.8. The number of carbonyl (C=O) groups is 2. The molecule has 0 radical (unpaired) electrons. The van der Waals surface area contributed by atoms with Gasteiger partial charge in [-0.05, 0) is 41.4 Å². The molecule has 4 unspecified atom stereocenters. The van der Waals surface area contributed by atoms with Crippen LogP contribution in [0.2, 0.25) is 0 Å². The number of allylic oxidation sites excluding steroid dienone is 2. The highest BCUT2D eigenvalue weighted by molar-refractivity contribution is 5.91. The number of amides is 1. The molecule has 1 amide bonds. The molecule has 5 heteroatoms. The lowest BCUT2D eigenvalue weighted by molar-refractivity contribution is -0.300. The van der Waals surface area contributed by atoms with Gasteiger partial charge in [0.25, 0.3) is 0 Å². The number of aliphatic hydroxyl groups is 1. The molecular formula is C24H32NO4-. The van der Waals surface area contributed by atoms with Crippen LogP contribution in [0.5, 0.6) is 0 Å². The standard InChI is InChI=1S/C24H33NO4/c1-4-11-17(2)23(18(3)21(26)14-9-6-10-15-22(25)27)20(24(28)29)16-19-12-7-5-8-13-19/h5-10,12-13,15-18,21,23,26H,4,11,14H2,1-3H3,(H2,25,27)(H,28,29)/p-1/b9-6+,15-10+,20-16-. The zero-order chi connectivity index (χ0) is 21.8. The molecule has 0 aliphatic rings. The van der Waals surface area contributed by atoms with Crippen molar-refractivity contribution in [3.05, 3.63) is 65.8 Å². The second-order valence-corrected chi connectivity index (χ2v) is 7.44. The Hall–Kier alpha value is -2.66. The maximum absolute atomic E-state index is 12.0. The van der Waals surface area contributed by atoms with Crippen LogP contribution in [0.25, 0.3) is 6.08 Å². The van der Waals surface area contributed by atoms with Gasteiger partial charge in [-0.25, -0.2) is 0 Å². The highest BCUT2D eigenvalue weighted by Gasteiger charge is 2.31. The molecule has 0 heterocycles. The maximum Gasteiger partial charge on any atom is 0.241 e. The van der Waals surface area contributed by atoms with Gasteiger partial charge in [-0.15, -0.1) is 0 Å². The number of hydrogen-bond acceptors (Lipinski definition) is 4. The summed E-state index contributed by atoms with van der Waals surface area (Å²) in [7, 11) is 0. The average molecular weight is 399 g/mol. The summed E-state index contributed by atoms with van der Waals surface area (Å²) in [6.45, 7) is 5.95. The molecule has 0 aromatic heterocycles. The maximum atomic E-state index is 12.0. The lowest BCUT2D eigenvalue weighted by atomic mass is 9.73.